The molecule has 0 radical (unpaired) electrons. The average Bonchev–Trinajstić information content (AvgIpc) is 2.62. The number of rotatable bonds is 2. The quantitative estimate of drug-likeness (QED) is 0.448. The van der Waals surface area contributed by atoms with Gasteiger partial charge in [-0.15, -0.1) is 0 Å². The number of hydrogen-bond acceptors (Lipinski definition) is 0. The Balaban J connectivity index is 2.46. The fourth-order valence-electron chi connectivity index (χ4n) is 3.85. The summed E-state index contributed by atoms with van der Waals surface area (Å²) in [5.41, 5.74) is 8.78. The molecule has 1 heteroatoms. The van der Waals surface area contributed by atoms with Gasteiger partial charge in [0.1, 0.15) is 8.42 Å². The first-order valence-electron chi connectivity index (χ1n) is 10.5. The Kier molecular flexibility index (Phi) is 4.58. The molecule has 0 saturated carbocycles. The van der Waals surface area contributed by atoms with E-state index in [4.69, 9.17) is 1.37 Å². The summed E-state index contributed by atoms with van der Waals surface area (Å²) in [5, 5.41) is 2.43. The van der Waals surface area contributed by atoms with Crippen LogP contribution in [-0.4, -0.2) is 0 Å². The van der Waals surface area contributed by atoms with Crippen LogP contribution < -0.4 is 4.57 Å². The van der Waals surface area contributed by atoms with Gasteiger partial charge in [-0.1, -0.05) is 52.8 Å². The van der Waals surface area contributed by atoms with E-state index in [1.807, 2.05) is 7.05 Å². The Bertz CT molecular complexity index is 1070. The summed E-state index contributed by atoms with van der Waals surface area (Å²) in [7, 11) is 2.03. The van der Waals surface area contributed by atoms with Crippen molar-refractivity contribution >= 4 is 10.8 Å². The summed E-state index contributed by atoms with van der Waals surface area (Å²) in [5.74, 6) is 0.476. The maximum absolute atomic E-state index is 8.76. The molecule has 0 aliphatic rings. The van der Waals surface area contributed by atoms with E-state index in [-0.39, 0.29) is 5.41 Å². The van der Waals surface area contributed by atoms with Crippen LogP contribution >= 0.6 is 0 Å². The van der Waals surface area contributed by atoms with Crippen LogP contribution in [0.15, 0.2) is 36.5 Å². The first-order chi connectivity index (χ1) is 12.9. The van der Waals surface area contributed by atoms with Crippen molar-refractivity contribution in [2.45, 2.75) is 66.7 Å². The topological polar surface area (TPSA) is 3.88 Å². The van der Waals surface area contributed by atoms with Crippen molar-refractivity contribution < 1.29 is 5.94 Å². The van der Waals surface area contributed by atoms with Crippen molar-refractivity contribution in [2.75, 3.05) is 0 Å². The van der Waals surface area contributed by atoms with Crippen LogP contribution in [-0.2, 0) is 12.5 Å². The van der Waals surface area contributed by atoms with Gasteiger partial charge in [0, 0.05) is 5.56 Å². The molecule has 0 atom stereocenters. The minimum Gasteiger partial charge on any atom is -0.200 e. The van der Waals surface area contributed by atoms with E-state index in [2.05, 4.69) is 90.3 Å². The number of benzene rings is 2. The second-order valence-corrected chi connectivity index (χ2v) is 9.32. The van der Waals surface area contributed by atoms with Crippen LogP contribution in [0.5, 0.6) is 0 Å². The van der Waals surface area contributed by atoms with E-state index in [0.717, 1.165) is 11.3 Å². The van der Waals surface area contributed by atoms with Crippen LogP contribution in [0.2, 0.25) is 0 Å². The molecule has 2 aromatic carbocycles. The molecule has 0 aliphatic carbocycles. The number of hydrogen-bond donors (Lipinski definition) is 0. The average molecular weight is 362 g/mol. The first kappa shape index (κ1) is 18.2. The van der Waals surface area contributed by atoms with E-state index >= 15 is 0 Å². The van der Waals surface area contributed by atoms with Gasteiger partial charge < -0.3 is 0 Å². The van der Waals surface area contributed by atoms with Gasteiger partial charge in [0.15, 0.2) is 6.17 Å². The molecule has 27 heavy (non-hydrogen) atoms. The standard InChI is InChI=1S/C26H34N/c1-16(2)20-10-11-22-23(13-20)18(4)15-27(9)25(22)24-14-21(26(6,7)8)12-17(3)19(24)5/h10-16H,1-9H3/q+1/i15D. The molecular weight excluding hydrogens is 326 g/mol. The zero-order valence-corrected chi connectivity index (χ0v) is 18.4. The van der Waals surface area contributed by atoms with Crippen LogP contribution in [0.25, 0.3) is 22.0 Å². The minimum absolute atomic E-state index is 0.0842. The molecule has 3 rings (SSSR count). The van der Waals surface area contributed by atoms with E-state index in [0.29, 0.717) is 12.1 Å². The maximum atomic E-state index is 8.76. The summed E-state index contributed by atoms with van der Waals surface area (Å²) < 4.78 is 10.8. The summed E-state index contributed by atoms with van der Waals surface area (Å²) >= 11 is 0. The van der Waals surface area contributed by atoms with Gasteiger partial charge in [-0.25, -0.2) is 4.57 Å². The lowest BCUT2D eigenvalue weighted by Gasteiger charge is -2.22. The van der Waals surface area contributed by atoms with Crippen molar-refractivity contribution in [1.82, 2.24) is 0 Å². The molecular formula is C26H34N+. The molecule has 1 nitrogen and oxygen atoms in total. The third-order valence-corrected chi connectivity index (χ3v) is 5.83. The van der Waals surface area contributed by atoms with Crippen molar-refractivity contribution in [3.05, 3.63) is 64.3 Å². The lowest BCUT2D eigenvalue weighted by atomic mass is 9.82. The molecule has 3 aromatic rings. The molecule has 0 fully saturated rings. The fourth-order valence-corrected chi connectivity index (χ4v) is 3.85. The zero-order valence-electron chi connectivity index (χ0n) is 19.4. The van der Waals surface area contributed by atoms with E-state index < -0.39 is 0 Å². The highest BCUT2D eigenvalue weighted by Crippen LogP contribution is 2.35. The number of pyridine rings is 1. The van der Waals surface area contributed by atoms with Crippen LogP contribution in [0.4, 0.5) is 0 Å². The highest BCUT2D eigenvalue weighted by Gasteiger charge is 2.23. The minimum atomic E-state index is 0.0842. The number of nitrogens with zero attached hydrogens (tertiary/aromatic N) is 1. The maximum Gasteiger partial charge on any atom is 0.220 e. The molecule has 0 bridgehead atoms. The molecule has 0 N–H and O–H groups in total. The Hall–Kier alpha value is -2.15. The SMILES string of the molecule is [2H]c1c(C)c2cc(C(C)C)ccc2c(-c2cc(C(C)(C)C)cc(C)c2C)[n+]1C. The molecule has 0 unspecified atom stereocenters. The van der Waals surface area contributed by atoms with E-state index in [1.165, 1.54) is 38.6 Å². The van der Waals surface area contributed by atoms with Crippen LogP contribution in [0.3, 0.4) is 0 Å². The van der Waals surface area contributed by atoms with Gasteiger partial charge in [-0.05, 0) is 71.9 Å². The number of aryl methyl sites for hydroxylation is 2. The highest BCUT2D eigenvalue weighted by molar-refractivity contribution is 5.96. The normalized spacial score (nSPS) is 12.7. The predicted octanol–water partition coefficient (Wildman–Crippen LogP) is 6.68. The fraction of sp³-hybridized carbons (Fsp3) is 0.423. The summed E-state index contributed by atoms with van der Waals surface area (Å²) in [6, 6.07) is 11.4. The zero-order chi connectivity index (χ0) is 21.0. The third-order valence-electron chi connectivity index (χ3n) is 5.83. The molecule has 142 valence electrons. The Morgan fingerprint density at radius 1 is 0.926 bits per heavy atom. The molecule has 1 heterocycles. The molecule has 0 aliphatic heterocycles. The van der Waals surface area contributed by atoms with E-state index in [9.17, 15) is 0 Å². The smallest absolute Gasteiger partial charge is 0.200 e. The molecule has 1 aromatic heterocycles. The van der Waals surface area contributed by atoms with Gasteiger partial charge in [0.25, 0.3) is 0 Å². The molecule has 0 spiro atoms. The summed E-state index contributed by atoms with van der Waals surface area (Å²) in [6.07, 6.45) is 0.585. The first-order valence-corrected chi connectivity index (χ1v) is 9.98. The molecule has 0 amide bonds. The van der Waals surface area contributed by atoms with Crippen LogP contribution in [0.1, 0.15) is 69.7 Å². The Labute approximate surface area is 166 Å². The summed E-state index contributed by atoms with van der Waals surface area (Å²) in [4.78, 5) is 0. The largest absolute Gasteiger partial charge is 0.220 e. The highest BCUT2D eigenvalue weighted by atomic mass is 14.9. The van der Waals surface area contributed by atoms with Gasteiger partial charge >= 0.3 is 0 Å². The second kappa shape index (κ2) is 6.78. The van der Waals surface area contributed by atoms with Crippen molar-refractivity contribution in [3.8, 4) is 11.3 Å². The Morgan fingerprint density at radius 2 is 1.59 bits per heavy atom. The lowest BCUT2D eigenvalue weighted by Crippen LogP contribution is -2.32. The third kappa shape index (κ3) is 3.52. The van der Waals surface area contributed by atoms with Gasteiger partial charge in [0.2, 0.25) is 5.69 Å². The van der Waals surface area contributed by atoms with Gasteiger partial charge in [0.05, 0.1) is 10.9 Å². The van der Waals surface area contributed by atoms with Gasteiger partial charge in [-0.2, -0.15) is 0 Å². The number of fused-ring (bicyclic) bond motifs is 1. The second-order valence-electron chi connectivity index (χ2n) is 9.32. The van der Waals surface area contributed by atoms with Crippen molar-refractivity contribution in [1.29, 1.82) is 0 Å². The van der Waals surface area contributed by atoms with Crippen molar-refractivity contribution in [2.24, 2.45) is 7.05 Å². The van der Waals surface area contributed by atoms with Gasteiger partial charge in [-0.3, -0.25) is 0 Å². The van der Waals surface area contributed by atoms with Crippen LogP contribution in [0, 0.1) is 20.8 Å². The molecule has 0 saturated heterocycles. The number of aromatic nitrogens is 1. The van der Waals surface area contributed by atoms with Crippen molar-refractivity contribution in [3.63, 3.8) is 0 Å². The summed E-state index contributed by atoms with van der Waals surface area (Å²) in [6.45, 7) is 17.7. The monoisotopic (exact) mass is 361 g/mol. The lowest BCUT2D eigenvalue weighted by molar-refractivity contribution is -0.659. The Morgan fingerprint density at radius 3 is 2.19 bits per heavy atom. The van der Waals surface area contributed by atoms with E-state index in [1.54, 1.807) is 0 Å². The predicted molar refractivity (Wildman–Crippen MR) is 118 cm³/mol.